The fourth-order valence-electron chi connectivity index (χ4n) is 2.49. The molecule has 2 aromatic rings. The molecule has 8 heteroatoms. The molecule has 1 aromatic carbocycles. The molecule has 1 aliphatic rings. The van der Waals surface area contributed by atoms with Crippen LogP contribution in [0.25, 0.3) is 0 Å². The summed E-state index contributed by atoms with van der Waals surface area (Å²) >= 11 is 13.7. The Kier molecular flexibility index (Phi) is 4.31. The summed E-state index contributed by atoms with van der Waals surface area (Å²) in [4.78, 5) is 35.3. The number of hydrogen-bond donors (Lipinski definition) is 0. The van der Waals surface area contributed by atoms with Crippen molar-refractivity contribution >= 4 is 52.5 Å². The van der Waals surface area contributed by atoms with E-state index in [1.807, 2.05) is 6.26 Å². The molecule has 0 spiro atoms. The van der Waals surface area contributed by atoms with E-state index in [4.69, 9.17) is 23.2 Å². The van der Waals surface area contributed by atoms with Crippen molar-refractivity contribution in [2.45, 2.75) is 11.1 Å². The highest BCUT2D eigenvalue weighted by molar-refractivity contribution is 7.98. The first-order chi connectivity index (χ1) is 11.0. The molecule has 3 rings (SSSR count). The molecule has 0 aliphatic carbocycles. The second kappa shape index (κ2) is 6.11. The van der Waals surface area contributed by atoms with E-state index < -0.39 is 17.6 Å². The predicted octanol–water partition coefficient (Wildman–Crippen LogP) is 3.45. The zero-order chi connectivity index (χ0) is 16.7. The van der Waals surface area contributed by atoms with Gasteiger partial charge in [0.2, 0.25) is 5.91 Å². The molecule has 2 heterocycles. The lowest BCUT2D eigenvalue weighted by Crippen LogP contribution is -2.42. The Balaban J connectivity index is 2.18. The highest BCUT2D eigenvalue weighted by Gasteiger charge is 2.42. The Labute approximate surface area is 147 Å². The molecule has 1 amide bonds. The summed E-state index contributed by atoms with van der Waals surface area (Å²) < 4.78 is 0. The lowest BCUT2D eigenvalue weighted by Gasteiger charge is -2.30. The number of thioether (sulfide) groups is 1. The van der Waals surface area contributed by atoms with E-state index in [0.717, 1.165) is 0 Å². The summed E-state index contributed by atoms with van der Waals surface area (Å²) in [5, 5.41) is 1.05. The predicted molar refractivity (Wildman–Crippen MR) is 90.8 cm³/mol. The number of fused-ring (bicyclic) bond motifs is 1. The van der Waals surface area contributed by atoms with Crippen molar-refractivity contribution in [2.75, 3.05) is 18.2 Å². The number of ketones is 1. The van der Waals surface area contributed by atoms with E-state index in [1.165, 1.54) is 22.9 Å². The summed E-state index contributed by atoms with van der Waals surface area (Å²) in [5.74, 6) is -1.59. The van der Waals surface area contributed by atoms with Gasteiger partial charge in [0.15, 0.2) is 16.8 Å². The second-order valence-corrected chi connectivity index (χ2v) is 6.51. The third kappa shape index (κ3) is 2.60. The monoisotopic (exact) mass is 367 g/mol. The van der Waals surface area contributed by atoms with Crippen LogP contribution in [-0.4, -0.2) is 35.0 Å². The van der Waals surface area contributed by atoms with Gasteiger partial charge in [0.25, 0.3) is 0 Å². The van der Waals surface area contributed by atoms with Gasteiger partial charge in [-0.2, -0.15) is 0 Å². The van der Waals surface area contributed by atoms with Crippen LogP contribution in [0, 0.1) is 0 Å². The molecule has 1 atom stereocenters. The molecule has 0 N–H and O–H groups in total. The number of hydrogen-bond acceptors (Lipinski definition) is 5. The second-order valence-electron chi connectivity index (χ2n) is 4.92. The average Bonchev–Trinajstić information content (AvgIpc) is 2.55. The van der Waals surface area contributed by atoms with Crippen molar-refractivity contribution in [3.63, 3.8) is 0 Å². The van der Waals surface area contributed by atoms with Crippen molar-refractivity contribution in [1.29, 1.82) is 0 Å². The Morgan fingerprint density at radius 1 is 1.22 bits per heavy atom. The van der Waals surface area contributed by atoms with Gasteiger partial charge in [0.1, 0.15) is 5.92 Å². The van der Waals surface area contributed by atoms with E-state index in [9.17, 15) is 9.59 Å². The number of halogens is 2. The zero-order valence-corrected chi connectivity index (χ0v) is 14.5. The van der Waals surface area contributed by atoms with Crippen LogP contribution >= 0.6 is 35.0 Å². The molecule has 5 nitrogen and oxygen atoms in total. The number of likely N-dealkylation sites (N-methyl/N-ethyl adjacent to an activating group) is 1. The van der Waals surface area contributed by atoms with Crippen LogP contribution < -0.4 is 4.90 Å². The molecule has 0 saturated carbocycles. The smallest absolute Gasteiger partial charge is 0.243 e. The molecule has 23 heavy (non-hydrogen) atoms. The highest BCUT2D eigenvalue weighted by Crippen LogP contribution is 2.39. The zero-order valence-electron chi connectivity index (χ0n) is 12.2. The number of aromatic nitrogens is 2. The Morgan fingerprint density at radius 3 is 2.48 bits per heavy atom. The number of nitrogens with zero attached hydrogens (tertiary/aromatic N) is 3. The van der Waals surface area contributed by atoms with Gasteiger partial charge in [-0.3, -0.25) is 14.5 Å². The van der Waals surface area contributed by atoms with Crippen LogP contribution in [-0.2, 0) is 4.79 Å². The minimum atomic E-state index is -1.09. The maximum atomic E-state index is 12.8. The summed E-state index contributed by atoms with van der Waals surface area (Å²) in [6, 6.07) is 4.87. The number of amides is 1. The van der Waals surface area contributed by atoms with E-state index in [-0.39, 0.29) is 15.6 Å². The standard InChI is InChI=1S/C15H11Cl2N3O2S/c1-20-13-7(6-18-15(19-13)23-2)12(21)11(14(20)22)10-8(16)4-3-5-9(10)17/h3-6,11H,1-2H3. The summed E-state index contributed by atoms with van der Waals surface area (Å²) in [6.45, 7) is 0. The molecular weight excluding hydrogens is 357 g/mol. The van der Waals surface area contributed by atoms with E-state index in [0.29, 0.717) is 16.5 Å². The molecule has 1 aromatic heterocycles. The van der Waals surface area contributed by atoms with Gasteiger partial charge in [-0.05, 0) is 18.4 Å². The lowest BCUT2D eigenvalue weighted by atomic mass is 9.87. The van der Waals surface area contributed by atoms with Gasteiger partial charge >= 0.3 is 0 Å². The van der Waals surface area contributed by atoms with Crippen molar-refractivity contribution < 1.29 is 9.59 Å². The number of carbonyl (C=O) groups is 2. The number of rotatable bonds is 2. The summed E-state index contributed by atoms with van der Waals surface area (Å²) in [7, 11) is 1.57. The molecular formula is C15H11Cl2N3O2S. The van der Waals surface area contributed by atoms with Gasteiger partial charge < -0.3 is 0 Å². The van der Waals surface area contributed by atoms with Crippen molar-refractivity contribution in [1.82, 2.24) is 9.97 Å². The Bertz CT molecular complexity index is 808. The van der Waals surface area contributed by atoms with Crippen LogP contribution in [0.5, 0.6) is 0 Å². The lowest BCUT2D eigenvalue weighted by molar-refractivity contribution is -0.119. The number of benzene rings is 1. The first-order valence-electron chi connectivity index (χ1n) is 6.62. The molecule has 118 valence electrons. The molecule has 0 fully saturated rings. The van der Waals surface area contributed by atoms with Crippen LogP contribution in [0.15, 0.2) is 29.6 Å². The third-order valence-electron chi connectivity index (χ3n) is 3.64. The fourth-order valence-corrected chi connectivity index (χ4v) is 3.44. The SMILES string of the molecule is CSc1ncc2c(n1)N(C)C(=O)C(c1c(Cl)cccc1Cl)C2=O. The maximum absolute atomic E-state index is 12.8. The van der Waals surface area contributed by atoms with Crippen LogP contribution in [0.1, 0.15) is 21.8 Å². The number of anilines is 1. The molecule has 0 bridgehead atoms. The Hall–Kier alpha value is -1.63. The topological polar surface area (TPSA) is 63.2 Å². The minimum Gasteiger partial charge on any atom is -0.298 e. The van der Waals surface area contributed by atoms with Gasteiger partial charge in [-0.1, -0.05) is 41.0 Å². The van der Waals surface area contributed by atoms with Gasteiger partial charge in [-0.25, -0.2) is 9.97 Å². The van der Waals surface area contributed by atoms with Gasteiger partial charge in [0, 0.05) is 28.9 Å². The average molecular weight is 368 g/mol. The summed E-state index contributed by atoms with van der Waals surface area (Å²) in [6.07, 6.45) is 3.26. The third-order valence-corrected chi connectivity index (χ3v) is 4.86. The van der Waals surface area contributed by atoms with Crippen molar-refractivity contribution in [3.05, 3.63) is 45.6 Å². The van der Waals surface area contributed by atoms with Gasteiger partial charge in [0.05, 0.1) is 5.56 Å². The minimum absolute atomic E-state index is 0.280. The van der Waals surface area contributed by atoms with Crippen LogP contribution in [0.4, 0.5) is 5.82 Å². The van der Waals surface area contributed by atoms with Crippen molar-refractivity contribution in [2.24, 2.45) is 0 Å². The van der Waals surface area contributed by atoms with Crippen LogP contribution in [0.3, 0.4) is 0 Å². The first kappa shape index (κ1) is 16.2. The van der Waals surface area contributed by atoms with Gasteiger partial charge in [-0.15, -0.1) is 0 Å². The first-order valence-corrected chi connectivity index (χ1v) is 8.60. The highest BCUT2D eigenvalue weighted by atomic mass is 35.5. The molecule has 1 unspecified atom stereocenters. The summed E-state index contributed by atoms with van der Waals surface area (Å²) in [5.41, 5.74) is 0.600. The fraction of sp³-hybridized carbons (Fsp3) is 0.200. The molecule has 0 radical (unpaired) electrons. The number of carbonyl (C=O) groups excluding carboxylic acids is 2. The molecule has 0 saturated heterocycles. The Morgan fingerprint density at radius 2 is 1.87 bits per heavy atom. The van der Waals surface area contributed by atoms with E-state index >= 15 is 0 Å². The van der Waals surface area contributed by atoms with E-state index in [1.54, 1.807) is 25.2 Å². The van der Waals surface area contributed by atoms with Crippen molar-refractivity contribution in [3.8, 4) is 0 Å². The quantitative estimate of drug-likeness (QED) is 0.462. The number of Topliss-reactive ketones (excluding diaryl/α,β-unsaturated/α-hetero) is 1. The molecule has 1 aliphatic heterocycles. The normalized spacial score (nSPS) is 17.4. The van der Waals surface area contributed by atoms with Crippen LogP contribution in [0.2, 0.25) is 10.0 Å². The van der Waals surface area contributed by atoms with E-state index in [2.05, 4.69) is 9.97 Å². The maximum Gasteiger partial charge on any atom is 0.243 e. The largest absolute Gasteiger partial charge is 0.298 e.